The predicted molar refractivity (Wildman–Crippen MR) is 114 cm³/mol. The summed E-state index contributed by atoms with van der Waals surface area (Å²) in [7, 11) is 1.74. The summed E-state index contributed by atoms with van der Waals surface area (Å²) in [5, 5.41) is 12.5. The van der Waals surface area contributed by atoms with E-state index in [-0.39, 0.29) is 18.2 Å². The topological polar surface area (TPSA) is 83.8 Å². The molecule has 0 saturated heterocycles. The highest BCUT2D eigenvalue weighted by Crippen LogP contribution is 2.26. The van der Waals surface area contributed by atoms with Crippen molar-refractivity contribution in [3.63, 3.8) is 0 Å². The maximum absolute atomic E-state index is 13.4. The lowest BCUT2D eigenvalue weighted by molar-refractivity contribution is 0.292. The lowest BCUT2D eigenvalue weighted by Gasteiger charge is -2.08. The van der Waals surface area contributed by atoms with Crippen LogP contribution >= 0.6 is 0 Å². The Morgan fingerprint density at radius 2 is 1.88 bits per heavy atom. The smallest absolute Gasteiger partial charge is 0.261 e. The quantitative estimate of drug-likeness (QED) is 0.370. The molecule has 10 heteroatoms. The third-order valence-corrected chi connectivity index (χ3v) is 5.10. The van der Waals surface area contributed by atoms with Crippen molar-refractivity contribution in [3.8, 4) is 28.6 Å². The van der Waals surface area contributed by atoms with Gasteiger partial charge in [-0.2, -0.15) is 15.2 Å². The van der Waals surface area contributed by atoms with Crippen molar-refractivity contribution in [1.82, 2.24) is 29.7 Å². The fourth-order valence-electron chi connectivity index (χ4n) is 3.32. The van der Waals surface area contributed by atoms with Crippen molar-refractivity contribution in [2.75, 3.05) is 0 Å². The van der Waals surface area contributed by atoms with Gasteiger partial charge in [0.15, 0.2) is 11.6 Å². The summed E-state index contributed by atoms with van der Waals surface area (Å²) in [6.45, 7) is 0.721. The summed E-state index contributed by atoms with van der Waals surface area (Å²) < 4.78 is 41.1. The number of nitrogens with zero attached hydrogens (tertiary/aromatic N) is 6. The molecule has 0 bridgehead atoms. The van der Waals surface area contributed by atoms with Crippen LogP contribution in [0.2, 0.25) is 0 Å². The number of aromatic nitrogens is 6. The van der Waals surface area contributed by atoms with Crippen LogP contribution in [0.5, 0.6) is 5.75 Å². The molecule has 5 rings (SSSR count). The van der Waals surface area contributed by atoms with E-state index in [1.807, 2.05) is 41.2 Å². The van der Waals surface area contributed by atoms with E-state index in [9.17, 15) is 8.78 Å². The van der Waals surface area contributed by atoms with Crippen LogP contribution in [0, 0.1) is 11.6 Å². The van der Waals surface area contributed by atoms with E-state index in [1.165, 1.54) is 6.07 Å². The largest absolute Gasteiger partial charge is 0.487 e. The molecular weight excluding hydrogens is 430 g/mol. The molecule has 0 spiro atoms. The summed E-state index contributed by atoms with van der Waals surface area (Å²) in [5.74, 6) is -0.997. The lowest BCUT2D eigenvalue weighted by Crippen LogP contribution is -2.05. The summed E-state index contributed by atoms with van der Waals surface area (Å²) in [5.41, 5.74) is 3.13. The highest BCUT2D eigenvalue weighted by molar-refractivity contribution is 5.61. The van der Waals surface area contributed by atoms with Crippen LogP contribution in [0.4, 0.5) is 8.78 Å². The summed E-state index contributed by atoms with van der Waals surface area (Å²) in [4.78, 5) is 4.50. The molecule has 0 aliphatic heterocycles. The third kappa shape index (κ3) is 4.36. The van der Waals surface area contributed by atoms with E-state index in [1.54, 1.807) is 24.1 Å². The second kappa shape index (κ2) is 8.65. The number of hydrogen-bond acceptors (Lipinski definition) is 6. The van der Waals surface area contributed by atoms with Crippen LogP contribution in [0.1, 0.15) is 11.3 Å². The number of halogens is 2. The Morgan fingerprint density at radius 1 is 1.03 bits per heavy atom. The van der Waals surface area contributed by atoms with Gasteiger partial charge in [-0.3, -0.25) is 9.36 Å². The minimum Gasteiger partial charge on any atom is -0.487 e. The SMILES string of the molecule is Cn1ncc(-c2nc(-c3ccc(Cn4cccn4)cc3)no2)c1COc1ccc(F)c(F)c1. The van der Waals surface area contributed by atoms with Gasteiger partial charge in [0.05, 0.1) is 24.0 Å². The van der Waals surface area contributed by atoms with Gasteiger partial charge in [-0.05, 0) is 23.8 Å². The lowest BCUT2D eigenvalue weighted by atomic mass is 10.1. The molecule has 0 atom stereocenters. The summed E-state index contributed by atoms with van der Waals surface area (Å²) in [6.07, 6.45) is 5.24. The molecule has 0 aliphatic carbocycles. The van der Waals surface area contributed by atoms with Crippen molar-refractivity contribution in [1.29, 1.82) is 0 Å². The first kappa shape index (κ1) is 20.6. The first-order chi connectivity index (χ1) is 16.1. The van der Waals surface area contributed by atoms with Crippen LogP contribution in [-0.4, -0.2) is 29.7 Å². The minimum absolute atomic E-state index is 0.0523. The fourth-order valence-corrected chi connectivity index (χ4v) is 3.32. The Bertz CT molecular complexity index is 1380. The number of rotatable bonds is 7. The van der Waals surface area contributed by atoms with Crippen molar-refractivity contribution in [3.05, 3.63) is 90.0 Å². The Labute approximate surface area is 187 Å². The van der Waals surface area contributed by atoms with Gasteiger partial charge in [0, 0.05) is 31.1 Å². The molecule has 5 aromatic rings. The van der Waals surface area contributed by atoms with Gasteiger partial charge in [0.25, 0.3) is 5.89 Å². The molecule has 0 N–H and O–H groups in total. The van der Waals surface area contributed by atoms with Crippen molar-refractivity contribution in [2.45, 2.75) is 13.2 Å². The van der Waals surface area contributed by atoms with Crippen molar-refractivity contribution >= 4 is 0 Å². The average molecular weight is 448 g/mol. The minimum atomic E-state index is -0.977. The maximum atomic E-state index is 13.4. The van der Waals surface area contributed by atoms with Gasteiger partial charge < -0.3 is 9.26 Å². The molecule has 3 aromatic heterocycles. The highest BCUT2D eigenvalue weighted by Gasteiger charge is 2.18. The zero-order chi connectivity index (χ0) is 22.8. The van der Waals surface area contributed by atoms with E-state index in [2.05, 4.69) is 20.3 Å². The molecule has 0 aliphatic rings. The van der Waals surface area contributed by atoms with Gasteiger partial charge in [-0.15, -0.1) is 0 Å². The summed E-state index contributed by atoms with van der Waals surface area (Å²) in [6, 6.07) is 13.1. The first-order valence-corrected chi connectivity index (χ1v) is 10.1. The predicted octanol–water partition coefficient (Wildman–Crippen LogP) is 4.24. The van der Waals surface area contributed by atoms with Crippen LogP contribution in [0.25, 0.3) is 22.8 Å². The molecule has 2 aromatic carbocycles. The van der Waals surface area contributed by atoms with E-state index in [0.717, 1.165) is 23.3 Å². The van der Waals surface area contributed by atoms with Crippen molar-refractivity contribution < 1.29 is 18.0 Å². The number of hydrogen-bond donors (Lipinski definition) is 0. The van der Waals surface area contributed by atoms with Gasteiger partial charge >= 0.3 is 0 Å². The van der Waals surface area contributed by atoms with Crippen LogP contribution in [-0.2, 0) is 20.2 Å². The molecule has 33 heavy (non-hydrogen) atoms. The van der Waals surface area contributed by atoms with Crippen LogP contribution < -0.4 is 4.74 Å². The molecule has 3 heterocycles. The third-order valence-electron chi connectivity index (χ3n) is 5.10. The van der Waals surface area contributed by atoms with E-state index >= 15 is 0 Å². The van der Waals surface area contributed by atoms with Crippen LogP contribution in [0.15, 0.2) is 71.6 Å². The Hall–Kier alpha value is -4.34. The second-order valence-corrected chi connectivity index (χ2v) is 7.32. The van der Waals surface area contributed by atoms with Crippen LogP contribution in [0.3, 0.4) is 0 Å². The highest BCUT2D eigenvalue weighted by atomic mass is 19.2. The molecule has 0 amide bonds. The normalized spacial score (nSPS) is 11.1. The molecule has 8 nitrogen and oxygen atoms in total. The summed E-state index contributed by atoms with van der Waals surface area (Å²) >= 11 is 0. The number of aryl methyl sites for hydroxylation is 1. The van der Waals surface area contributed by atoms with E-state index in [4.69, 9.17) is 9.26 Å². The molecule has 166 valence electrons. The van der Waals surface area contributed by atoms with E-state index < -0.39 is 11.6 Å². The molecule has 0 fully saturated rings. The zero-order valence-electron chi connectivity index (χ0n) is 17.5. The maximum Gasteiger partial charge on any atom is 0.261 e. The Balaban J connectivity index is 1.33. The molecule has 0 radical (unpaired) electrons. The van der Waals surface area contributed by atoms with Gasteiger partial charge in [-0.1, -0.05) is 29.4 Å². The van der Waals surface area contributed by atoms with Gasteiger partial charge in [0.2, 0.25) is 5.82 Å². The Kier molecular flexibility index (Phi) is 5.39. The first-order valence-electron chi connectivity index (χ1n) is 10.1. The Morgan fingerprint density at radius 3 is 2.64 bits per heavy atom. The molecule has 0 saturated carbocycles. The monoisotopic (exact) mass is 448 g/mol. The number of ether oxygens (including phenoxy) is 1. The fraction of sp³-hybridized carbons (Fsp3) is 0.130. The molecule has 0 unspecified atom stereocenters. The van der Waals surface area contributed by atoms with Gasteiger partial charge in [0.1, 0.15) is 12.4 Å². The second-order valence-electron chi connectivity index (χ2n) is 7.32. The number of benzene rings is 2. The zero-order valence-corrected chi connectivity index (χ0v) is 17.5. The average Bonchev–Trinajstić information content (AvgIpc) is 3.57. The van der Waals surface area contributed by atoms with E-state index in [0.29, 0.717) is 23.6 Å². The van der Waals surface area contributed by atoms with Crippen molar-refractivity contribution in [2.24, 2.45) is 7.05 Å². The standard InChI is InChI=1S/C23H18F2N6O2/c1-30-21(14-32-17-7-8-19(24)20(25)11-17)18(12-27-30)23-28-22(29-33-23)16-5-3-15(4-6-16)13-31-10-2-9-26-31/h2-12H,13-14H2,1H3. The van der Waals surface area contributed by atoms with Gasteiger partial charge in [-0.25, -0.2) is 8.78 Å². The molecular formula is C23H18F2N6O2.